The minimum atomic E-state index is 0.132. The van der Waals surface area contributed by atoms with Gasteiger partial charge in [-0.3, -0.25) is 14.3 Å². The molecule has 0 atom stereocenters. The van der Waals surface area contributed by atoms with Gasteiger partial charge in [0.1, 0.15) is 11.5 Å². The summed E-state index contributed by atoms with van der Waals surface area (Å²) in [6.45, 7) is 0.618. The zero-order chi connectivity index (χ0) is 21.5. The lowest BCUT2D eigenvalue weighted by atomic mass is 10.1. The number of hydrogen-bond acceptors (Lipinski definition) is 6. The van der Waals surface area contributed by atoms with Gasteiger partial charge < -0.3 is 4.74 Å². The van der Waals surface area contributed by atoms with Crippen LogP contribution in [0.4, 0.5) is 0 Å². The van der Waals surface area contributed by atoms with E-state index >= 15 is 0 Å². The molecule has 0 aliphatic rings. The molecule has 0 saturated heterocycles. The number of carbonyl (C=O) groups is 1. The number of Topliss-reactive ketones (excluding diaryl/α,β-unsaturated/α-hetero) is 1. The monoisotopic (exact) mass is 430 g/mol. The van der Waals surface area contributed by atoms with Gasteiger partial charge in [0.2, 0.25) is 0 Å². The number of hydrogen-bond donors (Lipinski definition) is 0. The fourth-order valence-electron chi connectivity index (χ4n) is 3.18. The molecule has 31 heavy (non-hydrogen) atoms. The van der Waals surface area contributed by atoms with Gasteiger partial charge in [0.05, 0.1) is 19.4 Å². The van der Waals surface area contributed by atoms with Gasteiger partial charge in [-0.2, -0.15) is 0 Å². The summed E-state index contributed by atoms with van der Waals surface area (Å²) < 4.78 is 7.21. The van der Waals surface area contributed by atoms with Crippen LogP contribution >= 0.6 is 11.8 Å². The first-order valence-electron chi connectivity index (χ1n) is 9.88. The Kier molecular flexibility index (Phi) is 6.74. The van der Waals surface area contributed by atoms with Crippen molar-refractivity contribution >= 4 is 17.5 Å². The van der Waals surface area contributed by atoms with Crippen LogP contribution in [-0.2, 0) is 17.8 Å². The second-order valence-electron chi connectivity index (χ2n) is 6.97. The van der Waals surface area contributed by atoms with Gasteiger partial charge >= 0.3 is 0 Å². The number of nitrogens with zero attached hydrogens (tertiary/aromatic N) is 4. The number of pyridine rings is 1. The van der Waals surface area contributed by atoms with E-state index < -0.39 is 0 Å². The summed E-state index contributed by atoms with van der Waals surface area (Å²) in [6.07, 6.45) is 3.88. The molecule has 0 aliphatic carbocycles. The number of aromatic nitrogens is 4. The molecule has 2 aromatic carbocycles. The Morgan fingerprint density at radius 3 is 2.48 bits per heavy atom. The van der Waals surface area contributed by atoms with E-state index in [1.807, 2.05) is 59.2 Å². The smallest absolute Gasteiger partial charge is 0.192 e. The van der Waals surface area contributed by atoms with Crippen molar-refractivity contribution < 1.29 is 9.53 Å². The number of thioether (sulfide) groups is 1. The Balaban J connectivity index is 1.50. The number of ketones is 1. The average Bonchev–Trinajstić information content (AvgIpc) is 3.22. The van der Waals surface area contributed by atoms with E-state index in [2.05, 4.69) is 27.3 Å². The molecule has 0 bridgehead atoms. The molecule has 0 fully saturated rings. The zero-order valence-electron chi connectivity index (χ0n) is 17.1. The summed E-state index contributed by atoms with van der Waals surface area (Å²) in [7, 11) is 1.63. The van der Waals surface area contributed by atoms with E-state index in [1.165, 1.54) is 11.8 Å². The molecule has 0 unspecified atom stereocenters. The summed E-state index contributed by atoms with van der Waals surface area (Å²) in [4.78, 5) is 16.8. The lowest BCUT2D eigenvalue weighted by Gasteiger charge is -2.10. The third-order valence-electron chi connectivity index (χ3n) is 4.74. The van der Waals surface area contributed by atoms with Crippen LogP contribution in [0.2, 0.25) is 0 Å². The number of carbonyl (C=O) groups excluding carboxylic acids is 1. The van der Waals surface area contributed by atoms with Crippen molar-refractivity contribution in [3.05, 3.63) is 90.3 Å². The van der Waals surface area contributed by atoms with Gasteiger partial charge in [0, 0.05) is 24.4 Å². The molecule has 0 saturated carbocycles. The first-order valence-corrected chi connectivity index (χ1v) is 10.9. The van der Waals surface area contributed by atoms with Gasteiger partial charge in [-0.15, -0.1) is 10.2 Å². The second kappa shape index (κ2) is 10.0. The lowest BCUT2D eigenvalue weighted by molar-refractivity contribution is -0.116. The molecule has 0 radical (unpaired) electrons. The zero-order valence-corrected chi connectivity index (χ0v) is 18.0. The van der Waals surface area contributed by atoms with Gasteiger partial charge in [0.25, 0.3) is 0 Å². The average molecular weight is 431 g/mol. The lowest BCUT2D eigenvalue weighted by Crippen LogP contribution is -2.08. The van der Waals surface area contributed by atoms with Crippen molar-refractivity contribution in [2.24, 2.45) is 0 Å². The molecule has 2 aromatic heterocycles. The fraction of sp³-hybridized carbons (Fsp3) is 0.167. The highest BCUT2D eigenvalue weighted by molar-refractivity contribution is 7.99. The topological polar surface area (TPSA) is 69.9 Å². The van der Waals surface area contributed by atoms with Gasteiger partial charge in [-0.25, -0.2) is 0 Å². The Morgan fingerprint density at radius 2 is 1.77 bits per heavy atom. The Hall–Kier alpha value is -3.45. The Morgan fingerprint density at radius 1 is 0.968 bits per heavy atom. The summed E-state index contributed by atoms with van der Waals surface area (Å²) in [5.74, 6) is 1.98. The predicted octanol–water partition coefficient (Wildman–Crippen LogP) is 4.30. The highest BCUT2D eigenvalue weighted by Crippen LogP contribution is 2.25. The minimum absolute atomic E-state index is 0.132. The molecule has 0 N–H and O–H groups in total. The van der Waals surface area contributed by atoms with Crippen molar-refractivity contribution in [1.82, 2.24) is 19.7 Å². The first-order chi connectivity index (χ1) is 15.2. The van der Waals surface area contributed by atoms with Crippen LogP contribution in [0.5, 0.6) is 5.75 Å². The highest BCUT2D eigenvalue weighted by Gasteiger charge is 2.16. The summed E-state index contributed by atoms with van der Waals surface area (Å²) in [5, 5.41) is 9.47. The van der Waals surface area contributed by atoms with Gasteiger partial charge in [0.15, 0.2) is 11.0 Å². The first kappa shape index (κ1) is 20.8. The van der Waals surface area contributed by atoms with Crippen LogP contribution in [0.25, 0.3) is 11.4 Å². The standard InChI is InChI=1S/C24H22N4O2S/c1-30-22-11-9-18(10-12-22)14-21(29)17-31-24-27-26-23(20-8-5-13-25-15-20)28(24)16-19-6-3-2-4-7-19/h2-13,15H,14,16-17H2,1H3. The summed E-state index contributed by atoms with van der Waals surface area (Å²) in [5.41, 5.74) is 2.99. The van der Waals surface area contributed by atoms with Crippen LogP contribution in [0.3, 0.4) is 0 Å². The van der Waals surface area contributed by atoms with Crippen LogP contribution < -0.4 is 4.74 Å². The van der Waals surface area contributed by atoms with Gasteiger partial charge in [-0.05, 0) is 35.4 Å². The van der Waals surface area contributed by atoms with E-state index in [1.54, 1.807) is 19.5 Å². The normalized spacial score (nSPS) is 10.7. The number of rotatable bonds is 9. The largest absolute Gasteiger partial charge is 0.497 e. The van der Waals surface area contributed by atoms with Crippen LogP contribution in [0.15, 0.2) is 84.3 Å². The predicted molar refractivity (Wildman–Crippen MR) is 121 cm³/mol. The van der Waals surface area contributed by atoms with E-state index in [4.69, 9.17) is 4.74 Å². The van der Waals surface area contributed by atoms with Crippen molar-refractivity contribution in [3.63, 3.8) is 0 Å². The van der Waals surface area contributed by atoms with Crippen molar-refractivity contribution in [1.29, 1.82) is 0 Å². The second-order valence-corrected chi connectivity index (χ2v) is 7.91. The number of ether oxygens (including phenoxy) is 1. The molecule has 2 heterocycles. The molecule has 0 aliphatic heterocycles. The van der Waals surface area contributed by atoms with E-state index in [0.29, 0.717) is 23.9 Å². The molecule has 4 aromatic rings. The van der Waals surface area contributed by atoms with Crippen LogP contribution in [0, 0.1) is 0 Å². The summed E-state index contributed by atoms with van der Waals surface area (Å²) >= 11 is 1.41. The maximum absolute atomic E-state index is 12.6. The van der Waals surface area contributed by atoms with Crippen molar-refractivity contribution in [3.8, 4) is 17.1 Å². The van der Waals surface area contributed by atoms with Crippen molar-refractivity contribution in [2.75, 3.05) is 12.9 Å². The number of methoxy groups -OCH3 is 1. The highest BCUT2D eigenvalue weighted by atomic mass is 32.2. The fourth-order valence-corrected chi connectivity index (χ4v) is 3.98. The molecule has 7 heteroatoms. The number of benzene rings is 2. The minimum Gasteiger partial charge on any atom is -0.497 e. The van der Waals surface area contributed by atoms with Crippen LogP contribution in [-0.4, -0.2) is 38.4 Å². The van der Waals surface area contributed by atoms with Crippen LogP contribution in [0.1, 0.15) is 11.1 Å². The maximum atomic E-state index is 12.6. The molecule has 4 rings (SSSR count). The molecule has 0 amide bonds. The maximum Gasteiger partial charge on any atom is 0.192 e. The quantitative estimate of drug-likeness (QED) is 0.369. The Labute approximate surface area is 185 Å². The molecule has 156 valence electrons. The van der Waals surface area contributed by atoms with E-state index in [0.717, 1.165) is 28.3 Å². The molecular formula is C24H22N4O2S. The summed E-state index contributed by atoms with van der Waals surface area (Å²) in [6, 6.07) is 21.5. The molecular weight excluding hydrogens is 408 g/mol. The third kappa shape index (κ3) is 5.38. The van der Waals surface area contributed by atoms with E-state index in [9.17, 15) is 4.79 Å². The van der Waals surface area contributed by atoms with Crippen molar-refractivity contribution in [2.45, 2.75) is 18.1 Å². The molecule has 0 spiro atoms. The SMILES string of the molecule is COc1ccc(CC(=O)CSc2nnc(-c3cccnc3)n2Cc2ccccc2)cc1. The molecule has 6 nitrogen and oxygen atoms in total. The van der Waals surface area contributed by atoms with E-state index in [-0.39, 0.29) is 5.78 Å². The Bertz CT molecular complexity index is 1130. The van der Waals surface area contributed by atoms with Gasteiger partial charge in [-0.1, -0.05) is 54.2 Å². The third-order valence-corrected chi connectivity index (χ3v) is 5.77.